The van der Waals surface area contributed by atoms with Crippen LogP contribution in [0.5, 0.6) is 0 Å². The fraction of sp³-hybridized carbons (Fsp3) is 0.906. The Morgan fingerprint density at radius 3 is 1.26 bits per heavy atom. The highest BCUT2D eigenvalue weighted by Gasteiger charge is 2.09. The van der Waals surface area contributed by atoms with Crippen LogP contribution in [0, 0.1) is 5.92 Å². The monoisotopic (exact) mass is 542 g/mol. The van der Waals surface area contributed by atoms with Crippen molar-refractivity contribution >= 4 is 17.9 Å². The van der Waals surface area contributed by atoms with Gasteiger partial charge < -0.3 is 14.9 Å². The molecule has 0 radical (unpaired) electrons. The lowest BCUT2D eigenvalue weighted by atomic mass is 10.0. The van der Waals surface area contributed by atoms with Crippen LogP contribution in [0.25, 0.3) is 0 Å². The molecule has 0 bridgehead atoms. The highest BCUT2D eigenvalue weighted by molar-refractivity contribution is 5.69. The van der Waals surface area contributed by atoms with Crippen molar-refractivity contribution in [1.82, 2.24) is 0 Å². The Morgan fingerprint density at radius 2 is 0.895 bits per heavy atom. The van der Waals surface area contributed by atoms with Gasteiger partial charge in [0, 0.05) is 19.3 Å². The molecule has 2 N–H and O–H groups in total. The fourth-order valence-corrected chi connectivity index (χ4v) is 4.37. The molecule has 0 aromatic carbocycles. The summed E-state index contributed by atoms with van der Waals surface area (Å²) >= 11 is 0. The zero-order chi connectivity index (χ0) is 28.7. The van der Waals surface area contributed by atoms with Gasteiger partial charge in [0.15, 0.2) is 0 Å². The number of carbonyl (C=O) groups is 3. The fourth-order valence-electron chi connectivity index (χ4n) is 4.37. The summed E-state index contributed by atoms with van der Waals surface area (Å²) in [6.45, 7) is 7.31. The highest BCUT2D eigenvalue weighted by atomic mass is 16.5. The number of unbranched alkanes of at least 4 members (excludes halogenated alkanes) is 16. The van der Waals surface area contributed by atoms with Crippen LogP contribution in [-0.4, -0.2) is 34.7 Å². The van der Waals surface area contributed by atoms with E-state index < -0.39 is 11.9 Å². The van der Waals surface area contributed by atoms with E-state index >= 15 is 0 Å². The Balaban J connectivity index is 0. The van der Waals surface area contributed by atoms with Crippen molar-refractivity contribution in [1.29, 1.82) is 0 Å². The van der Waals surface area contributed by atoms with Crippen LogP contribution >= 0.6 is 0 Å². The van der Waals surface area contributed by atoms with E-state index in [4.69, 9.17) is 14.9 Å². The first-order chi connectivity index (χ1) is 18.4. The Hall–Kier alpha value is -1.59. The molecule has 0 spiro atoms. The van der Waals surface area contributed by atoms with Gasteiger partial charge in [0.2, 0.25) is 0 Å². The molecule has 226 valence electrons. The molecule has 0 aromatic heterocycles. The van der Waals surface area contributed by atoms with E-state index in [0.717, 1.165) is 51.4 Å². The van der Waals surface area contributed by atoms with Gasteiger partial charge in [0.1, 0.15) is 0 Å². The minimum atomic E-state index is -0.740. The number of rotatable bonds is 27. The van der Waals surface area contributed by atoms with Crippen molar-refractivity contribution in [2.45, 2.75) is 175 Å². The molecule has 0 aliphatic rings. The van der Waals surface area contributed by atoms with Crippen molar-refractivity contribution in [3.63, 3.8) is 0 Å². The van der Waals surface area contributed by atoms with Crippen molar-refractivity contribution in [3.05, 3.63) is 0 Å². The Bertz CT molecular complexity index is 514. The average Bonchev–Trinajstić information content (AvgIpc) is 2.89. The molecule has 0 rings (SSSR count). The quantitative estimate of drug-likeness (QED) is 0.0791. The second-order valence-electron chi connectivity index (χ2n) is 10.8. The summed E-state index contributed by atoms with van der Waals surface area (Å²) in [4.78, 5) is 32.1. The van der Waals surface area contributed by atoms with Gasteiger partial charge in [-0.15, -0.1) is 0 Å². The molecule has 0 saturated carbocycles. The summed E-state index contributed by atoms with van der Waals surface area (Å²) in [5.74, 6) is -0.904. The molecule has 0 aromatic rings. The van der Waals surface area contributed by atoms with Gasteiger partial charge in [-0.2, -0.15) is 0 Å². The number of esters is 1. The summed E-state index contributed by atoms with van der Waals surface area (Å²) in [5.41, 5.74) is 0. The van der Waals surface area contributed by atoms with E-state index in [2.05, 4.69) is 20.8 Å². The second kappa shape index (κ2) is 31.6. The molecule has 1 unspecified atom stereocenters. The lowest BCUT2D eigenvalue weighted by Crippen LogP contribution is -2.13. The third-order valence-corrected chi connectivity index (χ3v) is 7.04. The van der Waals surface area contributed by atoms with Gasteiger partial charge in [0.25, 0.3) is 0 Å². The van der Waals surface area contributed by atoms with E-state index in [9.17, 15) is 14.4 Å². The zero-order valence-electron chi connectivity index (χ0n) is 25.3. The Kier molecular flexibility index (Phi) is 32.1. The van der Waals surface area contributed by atoms with Crippen LogP contribution in [0.4, 0.5) is 0 Å². The van der Waals surface area contributed by atoms with E-state index in [0.29, 0.717) is 18.9 Å². The Labute approximate surface area is 234 Å². The molecule has 0 aliphatic heterocycles. The molecule has 6 heteroatoms. The van der Waals surface area contributed by atoms with Crippen LogP contribution in [0.3, 0.4) is 0 Å². The van der Waals surface area contributed by atoms with Gasteiger partial charge in [-0.1, -0.05) is 130 Å². The molecular weight excluding hydrogens is 480 g/mol. The number of carbonyl (C=O) groups excluding carboxylic acids is 1. The van der Waals surface area contributed by atoms with E-state index in [1.807, 2.05) is 0 Å². The number of carboxylic acids is 2. The maximum atomic E-state index is 11.8. The van der Waals surface area contributed by atoms with Gasteiger partial charge in [-0.05, 0) is 31.6 Å². The summed E-state index contributed by atoms with van der Waals surface area (Å²) < 4.78 is 5.45. The molecule has 1 atom stereocenters. The Morgan fingerprint density at radius 1 is 0.526 bits per heavy atom. The standard InChI is InChI=1S/C22H44O2.C10H18O4/c1-4-7-9-10-11-12-13-14-15-16-17-19-22(23)24-20-21(6-3)18-8-5-2;11-9(12)7-5-3-1-2-4-6-8-10(13)14/h21H,4-20H2,1-3H3;1-8H2,(H,11,12)(H,13,14). The van der Waals surface area contributed by atoms with Gasteiger partial charge in [-0.3, -0.25) is 14.4 Å². The number of hydrogen-bond donors (Lipinski definition) is 2. The van der Waals surface area contributed by atoms with Gasteiger partial charge >= 0.3 is 17.9 Å². The number of hydrogen-bond acceptors (Lipinski definition) is 4. The number of carboxylic acid groups (broad SMARTS) is 2. The van der Waals surface area contributed by atoms with Crippen LogP contribution < -0.4 is 0 Å². The maximum absolute atomic E-state index is 11.8. The highest BCUT2D eigenvalue weighted by Crippen LogP contribution is 2.15. The summed E-state index contributed by atoms with van der Waals surface area (Å²) in [6, 6.07) is 0. The topological polar surface area (TPSA) is 101 Å². The van der Waals surface area contributed by atoms with Gasteiger partial charge in [-0.25, -0.2) is 0 Å². The average molecular weight is 543 g/mol. The van der Waals surface area contributed by atoms with Crippen molar-refractivity contribution in [2.75, 3.05) is 6.61 Å². The van der Waals surface area contributed by atoms with Crippen LogP contribution in [-0.2, 0) is 19.1 Å². The zero-order valence-corrected chi connectivity index (χ0v) is 25.3. The van der Waals surface area contributed by atoms with Crippen molar-refractivity contribution in [2.24, 2.45) is 5.92 Å². The number of aliphatic carboxylic acids is 2. The molecule has 0 aliphatic carbocycles. The van der Waals surface area contributed by atoms with Crippen molar-refractivity contribution < 1.29 is 29.3 Å². The minimum Gasteiger partial charge on any atom is -0.481 e. The van der Waals surface area contributed by atoms with E-state index in [-0.39, 0.29) is 18.8 Å². The molecule has 0 heterocycles. The predicted octanol–water partition coefficient (Wildman–Crippen LogP) is 9.72. The van der Waals surface area contributed by atoms with Crippen LogP contribution in [0.15, 0.2) is 0 Å². The second-order valence-corrected chi connectivity index (χ2v) is 10.8. The summed E-state index contributed by atoms with van der Waals surface area (Å²) in [7, 11) is 0. The van der Waals surface area contributed by atoms with E-state index in [1.54, 1.807) is 0 Å². The molecule has 0 fully saturated rings. The minimum absolute atomic E-state index is 0.0147. The van der Waals surface area contributed by atoms with Crippen molar-refractivity contribution in [3.8, 4) is 0 Å². The molecular formula is C32H62O6. The summed E-state index contributed by atoms with van der Waals surface area (Å²) in [5, 5.41) is 16.7. The van der Waals surface area contributed by atoms with E-state index in [1.165, 1.54) is 83.5 Å². The summed E-state index contributed by atoms with van der Waals surface area (Å²) in [6.07, 6.45) is 25.7. The maximum Gasteiger partial charge on any atom is 0.305 e. The molecule has 6 nitrogen and oxygen atoms in total. The lowest BCUT2D eigenvalue weighted by molar-refractivity contribution is -0.145. The largest absolute Gasteiger partial charge is 0.481 e. The third-order valence-electron chi connectivity index (χ3n) is 7.04. The smallest absolute Gasteiger partial charge is 0.305 e. The van der Waals surface area contributed by atoms with Crippen LogP contribution in [0.2, 0.25) is 0 Å². The molecule has 0 saturated heterocycles. The SMILES string of the molecule is CCCCCCCCCCCCCC(=O)OCC(CC)CCCC.O=C(O)CCCCCCCCC(=O)O. The first-order valence-corrected chi connectivity index (χ1v) is 16.0. The molecule has 0 amide bonds. The first kappa shape index (κ1) is 38.6. The molecule has 38 heavy (non-hydrogen) atoms. The van der Waals surface area contributed by atoms with Gasteiger partial charge in [0.05, 0.1) is 6.61 Å². The normalized spacial score (nSPS) is 11.4. The number of ether oxygens (including phenoxy) is 1. The lowest BCUT2D eigenvalue weighted by Gasteiger charge is -2.14. The first-order valence-electron chi connectivity index (χ1n) is 16.0. The third kappa shape index (κ3) is 34.4. The van der Waals surface area contributed by atoms with Crippen LogP contribution in [0.1, 0.15) is 175 Å². The predicted molar refractivity (Wildman–Crippen MR) is 158 cm³/mol.